The Kier molecular flexibility index (Phi) is 6.03. The van der Waals surface area contributed by atoms with Crippen molar-refractivity contribution in [2.24, 2.45) is 46.3 Å². The maximum Gasteiger partial charge on any atom is 0.106 e. The van der Waals surface area contributed by atoms with Gasteiger partial charge in [0, 0.05) is 11.3 Å². The summed E-state index contributed by atoms with van der Waals surface area (Å²) in [5, 5.41) is 10.3. The third-order valence-electron chi connectivity index (χ3n) is 9.73. The van der Waals surface area contributed by atoms with E-state index in [0.717, 1.165) is 32.1 Å². The van der Waals surface area contributed by atoms with Crippen molar-refractivity contribution in [2.45, 2.75) is 92.6 Å². The zero-order valence-electron chi connectivity index (χ0n) is 20.2. The summed E-state index contributed by atoms with van der Waals surface area (Å²) in [6.07, 6.45) is 17.3. The average Bonchev–Trinajstić information content (AvgIpc) is 2.88. The first-order valence-corrected chi connectivity index (χ1v) is 12.6. The van der Waals surface area contributed by atoms with Gasteiger partial charge in [0.15, 0.2) is 0 Å². The van der Waals surface area contributed by atoms with Gasteiger partial charge >= 0.3 is 0 Å². The lowest BCUT2D eigenvalue weighted by atomic mass is 9.62. The maximum atomic E-state index is 10.3. The molecule has 2 bridgehead atoms. The minimum Gasteiger partial charge on any atom is -0.466 e. The summed E-state index contributed by atoms with van der Waals surface area (Å²) in [7, 11) is 0. The summed E-state index contributed by atoms with van der Waals surface area (Å²) < 4.78 is 6.74. The summed E-state index contributed by atoms with van der Waals surface area (Å²) in [4.78, 5) is 0. The molecule has 2 aliphatic carbocycles. The van der Waals surface area contributed by atoms with E-state index >= 15 is 0 Å². The molecule has 0 spiro atoms. The number of allylic oxidation sites excluding steroid dienone is 6. The molecule has 0 saturated heterocycles. The highest BCUT2D eigenvalue weighted by Crippen LogP contribution is 2.61. The largest absolute Gasteiger partial charge is 0.466 e. The van der Waals surface area contributed by atoms with E-state index in [1.54, 1.807) is 0 Å². The van der Waals surface area contributed by atoms with Gasteiger partial charge in [-0.15, -0.1) is 0 Å². The minimum absolute atomic E-state index is 0.0835. The van der Waals surface area contributed by atoms with Crippen molar-refractivity contribution in [3.63, 3.8) is 0 Å². The van der Waals surface area contributed by atoms with Crippen molar-refractivity contribution in [1.29, 1.82) is 0 Å². The molecule has 0 aromatic carbocycles. The van der Waals surface area contributed by atoms with Crippen LogP contribution in [-0.2, 0) is 4.74 Å². The Morgan fingerprint density at radius 2 is 1.83 bits per heavy atom. The normalized spacial score (nSPS) is 43.1. The number of aliphatic hydroxyl groups is 1. The SMILES string of the molecule is CC(C)[C@H](C)/C=C/[C@@H](C)[C@H]1CC[C@H]2C3=CCC4C[C@@H](O)CC[C@]4(C)C(=CC[C@]12C)O3. The maximum absolute atomic E-state index is 10.3. The molecular formula is C28H44O2. The molecule has 0 amide bonds. The Hall–Kier alpha value is -1.02. The zero-order valence-corrected chi connectivity index (χ0v) is 20.2. The summed E-state index contributed by atoms with van der Waals surface area (Å²) in [6, 6.07) is 0. The van der Waals surface area contributed by atoms with E-state index < -0.39 is 0 Å². The standard InChI is InChI=1S/C28H44O2/c1-18(2)19(3)7-8-20(4)23-10-11-24-25-12-9-21-17-22(29)13-15-27(21,5)26(30-25)14-16-28(23,24)6/h7-8,12,14,18-24,29H,9-11,13,15-17H2,1-6H3/b8-7+/t19-,20-,21?,22+,23-,24+,27+,28-/m1/s1. The van der Waals surface area contributed by atoms with Crippen molar-refractivity contribution in [1.82, 2.24) is 0 Å². The van der Waals surface area contributed by atoms with Crippen molar-refractivity contribution >= 4 is 0 Å². The van der Waals surface area contributed by atoms with Crippen molar-refractivity contribution in [3.8, 4) is 0 Å². The zero-order chi connectivity index (χ0) is 21.7. The number of fused-ring (bicyclic) bond motifs is 6. The molecule has 2 heterocycles. The fraction of sp³-hybridized carbons (Fsp3) is 0.786. The predicted octanol–water partition coefficient (Wildman–Crippen LogP) is 7.26. The highest BCUT2D eigenvalue weighted by molar-refractivity contribution is 5.25. The molecule has 8 atom stereocenters. The van der Waals surface area contributed by atoms with Gasteiger partial charge in [-0.2, -0.15) is 0 Å². The lowest BCUT2D eigenvalue weighted by Gasteiger charge is -2.42. The second kappa shape index (κ2) is 8.15. The number of ether oxygens (including phenoxy) is 1. The van der Waals surface area contributed by atoms with Gasteiger partial charge in [-0.3, -0.25) is 0 Å². The third-order valence-corrected chi connectivity index (χ3v) is 9.73. The fourth-order valence-electron chi connectivity index (χ4n) is 7.00. The van der Waals surface area contributed by atoms with Crippen LogP contribution in [0.4, 0.5) is 0 Å². The Labute approximate surface area is 184 Å². The van der Waals surface area contributed by atoms with Gasteiger partial charge in [-0.1, -0.05) is 53.7 Å². The van der Waals surface area contributed by atoms with Gasteiger partial charge in [0.05, 0.1) is 6.10 Å². The molecule has 2 fully saturated rings. The Bertz CT molecular complexity index is 731. The van der Waals surface area contributed by atoms with Crippen molar-refractivity contribution in [2.75, 3.05) is 0 Å². The third kappa shape index (κ3) is 3.72. The molecule has 1 N–H and O–H groups in total. The molecule has 0 radical (unpaired) electrons. The van der Waals surface area contributed by atoms with E-state index in [-0.39, 0.29) is 16.9 Å². The van der Waals surface area contributed by atoms with Crippen LogP contribution >= 0.6 is 0 Å². The monoisotopic (exact) mass is 412 g/mol. The number of hydrogen-bond donors (Lipinski definition) is 1. The highest BCUT2D eigenvalue weighted by Gasteiger charge is 2.53. The van der Waals surface area contributed by atoms with Gasteiger partial charge in [-0.05, 0) is 92.1 Å². The van der Waals surface area contributed by atoms with Gasteiger partial charge in [0.1, 0.15) is 11.5 Å². The molecule has 30 heavy (non-hydrogen) atoms. The van der Waals surface area contributed by atoms with Crippen LogP contribution in [0.3, 0.4) is 0 Å². The van der Waals surface area contributed by atoms with Crippen LogP contribution in [0.1, 0.15) is 86.5 Å². The summed E-state index contributed by atoms with van der Waals surface area (Å²) in [5.41, 5.74) is 0.357. The average molecular weight is 413 g/mol. The van der Waals surface area contributed by atoms with Crippen LogP contribution in [-0.4, -0.2) is 11.2 Å². The Morgan fingerprint density at radius 3 is 2.57 bits per heavy atom. The highest BCUT2D eigenvalue weighted by atomic mass is 16.5. The number of aliphatic hydroxyl groups excluding tert-OH is 1. The molecule has 2 saturated carbocycles. The van der Waals surface area contributed by atoms with Gasteiger partial charge in [0.25, 0.3) is 0 Å². The molecule has 0 aromatic rings. The topological polar surface area (TPSA) is 29.5 Å². The number of hydrogen-bond acceptors (Lipinski definition) is 2. The molecule has 0 aromatic heterocycles. The van der Waals surface area contributed by atoms with Gasteiger partial charge in [0.2, 0.25) is 0 Å². The predicted molar refractivity (Wildman–Crippen MR) is 125 cm³/mol. The van der Waals surface area contributed by atoms with Crippen LogP contribution in [0.2, 0.25) is 0 Å². The Morgan fingerprint density at radius 1 is 1.07 bits per heavy atom. The van der Waals surface area contributed by atoms with E-state index in [2.05, 4.69) is 65.8 Å². The van der Waals surface area contributed by atoms with Gasteiger partial charge < -0.3 is 9.84 Å². The van der Waals surface area contributed by atoms with Crippen molar-refractivity contribution < 1.29 is 9.84 Å². The molecule has 2 heteroatoms. The van der Waals surface area contributed by atoms with Crippen LogP contribution in [0.25, 0.3) is 0 Å². The number of rotatable bonds is 4. The fourth-order valence-corrected chi connectivity index (χ4v) is 7.00. The molecule has 4 rings (SSSR count). The summed E-state index contributed by atoms with van der Waals surface area (Å²) in [6.45, 7) is 14.3. The first-order valence-electron chi connectivity index (χ1n) is 12.6. The first kappa shape index (κ1) is 22.2. The smallest absolute Gasteiger partial charge is 0.106 e. The van der Waals surface area contributed by atoms with Crippen LogP contribution in [0.5, 0.6) is 0 Å². The summed E-state index contributed by atoms with van der Waals surface area (Å²) >= 11 is 0. The molecular weight excluding hydrogens is 368 g/mol. The molecule has 1 unspecified atom stereocenters. The quantitative estimate of drug-likeness (QED) is 0.492. The van der Waals surface area contributed by atoms with Crippen LogP contribution in [0.15, 0.2) is 35.8 Å². The molecule has 4 aliphatic rings. The lowest BCUT2D eigenvalue weighted by Crippen LogP contribution is -2.37. The van der Waals surface area contributed by atoms with Crippen LogP contribution < -0.4 is 0 Å². The molecule has 2 nitrogen and oxygen atoms in total. The summed E-state index contributed by atoms with van der Waals surface area (Å²) in [5.74, 6) is 6.16. The van der Waals surface area contributed by atoms with Gasteiger partial charge in [-0.25, -0.2) is 0 Å². The lowest BCUT2D eigenvalue weighted by molar-refractivity contribution is 0.0165. The van der Waals surface area contributed by atoms with E-state index in [4.69, 9.17) is 4.74 Å². The minimum atomic E-state index is -0.135. The van der Waals surface area contributed by atoms with E-state index in [1.807, 2.05) is 0 Å². The van der Waals surface area contributed by atoms with E-state index in [0.29, 0.717) is 35.5 Å². The Balaban J connectivity index is 1.61. The van der Waals surface area contributed by atoms with Crippen LogP contribution in [0, 0.1) is 46.3 Å². The molecule has 168 valence electrons. The second-order valence-corrected chi connectivity index (χ2v) is 11.8. The second-order valence-electron chi connectivity index (χ2n) is 11.8. The first-order chi connectivity index (χ1) is 14.1. The van der Waals surface area contributed by atoms with Crippen molar-refractivity contribution in [3.05, 3.63) is 35.8 Å². The molecule has 2 aliphatic heterocycles. The van der Waals surface area contributed by atoms with E-state index in [1.165, 1.54) is 24.4 Å². The van der Waals surface area contributed by atoms with E-state index in [9.17, 15) is 5.11 Å².